The Morgan fingerprint density at radius 1 is 0.411 bits per heavy atom. The molecule has 0 fully saturated rings. The quantitative estimate of drug-likeness (QED) is 0.155. The molecule has 0 N–H and O–H groups in total. The van der Waals surface area contributed by atoms with Gasteiger partial charge in [-0.05, 0) is 198 Å². The van der Waals surface area contributed by atoms with Crippen LogP contribution in [0.1, 0.15) is 182 Å². The lowest BCUT2D eigenvalue weighted by molar-refractivity contribution is 0.332. The van der Waals surface area contributed by atoms with Gasteiger partial charge in [-0.25, -0.2) is 0 Å². The molecular formula is C84H88BN3O2. The number of hydrogen-bond donors (Lipinski definition) is 0. The van der Waals surface area contributed by atoms with Crippen LogP contribution in [-0.2, 0) is 37.9 Å². The van der Waals surface area contributed by atoms with Crippen molar-refractivity contribution < 1.29 is 8.83 Å². The molecule has 0 amide bonds. The van der Waals surface area contributed by atoms with Crippen LogP contribution in [0.5, 0.6) is 0 Å². The van der Waals surface area contributed by atoms with E-state index in [1.165, 1.54) is 55.5 Å². The third-order valence-electron chi connectivity index (χ3n) is 21.6. The molecule has 454 valence electrons. The average Bonchev–Trinajstić information content (AvgIpc) is 1.34. The third kappa shape index (κ3) is 9.06. The van der Waals surface area contributed by atoms with E-state index >= 15 is 0 Å². The molecule has 0 atom stereocenters. The van der Waals surface area contributed by atoms with Gasteiger partial charge < -0.3 is 23.4 Å². The zero-order chi connectivity index (χ0) is 63.1. The van der Waals surface area contributed by atoms with E-state index in [0.29, 0.717) is 0 Å². The van der Waals surface area contributed by atoms with E-state index in [2.05, 4.69) is 308 Å². The van der Waals surface area contributed by atoms with Gasteiger partial charge in [-0.2, -0.15) is 0 Å². The van der Waals surface area contributed by atoms with Crippen molar-refractivity contribution in [3.05, 3.63) is 215 Å². The molecule has 4 heterocycles. The molecule has 4 aliphatic rings. The Bertz CT molecular complexity index is 4660. The summed E-state index contributed by atoms with van der Waals surface area (Å²) in [6.07, 6.45) is 4.45. The SMILES string of the molecule is CC(C)(C)c1ccc(N(c2ccc(C(C)(C)C)cc2)c2ccc3c(c2)N(c2ccc4c(c2)C(C)(C)CCC4(C)C)B2c4oc5cc6c(cc5c4N(c4ccc(C(C)(C)C)cc4-c4ccccc4)c4cc5c(oc7ccccc75)c-3c42)C(C)(C)CCC6(C)C)cc1. The minimum atomic E-state index is -0.440. The minimum absolute atomic E-state index is 0.00720. The molecule has 0 saturated carbocycles. The van der Waals surface area contributed by atoms with Crippen molar-refractivity contribution in [2.45, 2.75) is 181 Å². The predicted octanol–water partition coefficient (Wildman–Crippen LogP) is 22.8. The monoisotopic (exact) mass is 1180 g/mol. The lowest BCUT2D eigenvalue weighted by Gasteiger charge is -2.46. The maximum atomic E-state index is 8.04. The largest absolute Gasteiger partial charge is 0.466 e. The summed E-state index contributed by atoms with van der Waals surface area (Å²) in [7, 11) is 0. The van der Waals surface area contributed by atoms with Crippen molar-refractivity contribution in [2.75, 3.05) is 14.6 Å². The van der Waals surface area contributed by atoms with Gasteiger partial charge in [-0.1, -0.05) is 209 Å². The molecule has 11 aromatic rings. The van der Waals surface area contributed by atoms with Crippen molar-refractivity contribution in [2.24, 2.45) is 0 Å². The van der Waals surface area contributed by atoms with E-state index in [1.807, 2.05) is 0 Å². The van der Waals surface area contributed by atoms with Gasteiger partial charge in [0.05, 0.1) is 11.4 Å². The highest BCUT2D eigenvalue weighted by molar-refractivity contribution is 6.93. The number of anilines is 8. The van der Waals surface area contributed by atoms with E-state index < -0.39 is 6.85 Å². The summed E-state index contributed by atoms with van der Waals surface area (Å²) in [6.45, 7) is 39.9. The van der Waals surface area contributed by atoms with Gasteiger partial charge in [0.25, 0.3) is 0 Å². The molecule has 2 aromatic heterocycles. The fraction of sp³-hybridized carbons (Fsp3) is 0.333. The second-order valence-corrected chi connectivity index (χ2v) is 32.7. The molecule has 0 spiro atoms. The van der Waals surface area contributed by atoms with Crippen LogP contribution in [0.3, 0.4) is 0 Å². The van der Waals surface area contributed by atoms with Gasteiger partial charge in [0.2, 0.25) is 0 Å². The molecule has 2 aliphatic heterocycles. The predicted molar refractivity (Wildman–Crippen MR) is 384 cm³/mol. The lowest BCUT2D eigenvalue weighted by atomic mass is 9.45. The number of furan rings is 2. The molecule has 0 radical (unpaired) electrons. The molecule has 6 heteroatoms. The minimum Gasteiger partial charge on any atom is -0.466 e. The first-order valence-corrected chi connectivity index (χ1v) is 33.2. The second-order valence-electron chi connectivity index (χ2n) is 32.7. The fourth-order valence-electron chi connectivity index (χ4n) is 15.9. The third-order valence-corrected chi connectivity index (χ3v) is 21.6. The molecule has 0 bridgehead atoms. The summed E-state index contributed by atoms with van der Waals surface area (Å²) < 4.78 is 15.4. The van der Waals surface area contributed by atoms with Crippen molar-refractivity contribution >= 4 is 96.4 Å². The molecule has 9 aromatic carbocycles. The number of hydrogen-bond acceptors (Lipinski definition) is 5. The van der Waals surface area contributed by atoms with Gasteiger partial charge in [-0.3, -0.25) is 0 Å². The van der Waals surface area contributed by atoms with Crippen molar-refractivity contribution in [1.82, 2.24) is 0 Å². The molecule has 2 aliphatic carbocycles. The fourth-order valence-corrected chi connectivity index (χ4v) is 15.9. The number of para-hydroxylation sites is 1. The van der Waals surface area contributed by atoms with Crippen LogP contribution >= 0.6 is 0 Å². The topological polar surface area (TPSA) is 36.0 Å². The second kappa shape index (κ2) is 19.6. The Morgan fingerprint density at radius 3 is 1.57 bits per heavy atom. The van der Waals surface area contributed by atoms with Crippen LogP contribution in [0.25, 0.3) is 55.2 Å². The molecule has 0 saturated heterocycles. The van der Waals surface area contributed by atoms with Crippen LogP contribution < -0.4 is 25.7 Å². The first-order valence-electron chi connectivity index (χ1n) is 33.2. The van der Waals surface area contributed by atoms with Crippen LogP contribution in [0.4, 0.5) is 45.5 Å². The van der Waals surface area contributed by atoms with Crippen LogP contribution in [0, 0.1) is 0 Å². The van der Waals surface area contributed by atoms with E-state index in [4.69, 9.17) is 8.83 Å². The Kier molecular flexibility index (Phi) is 12.7. The molecule has 5 nitrogen and oxygen atoms in total. The summed E-state index contributed by atoms with van der Waals surface area (Å²) in [5.74, 6) is 0. The summed E-state index contributed by atoms with van der Waals surface area (Å²) >= 11 is 0. The average molecular weight is 1180 g/mol. The molecular weight excluding hydrogens is 1090 g/mol. The number of nitrogens with zero attached hydrogens (tertiary/aromatic N) is 3. The standard InChI is InChI=1S/C84H88BN3O2/c1-78(2,3)52-27-32-55(33-28-52)86(56-34-29-53(30-35-56)79(4,5)6)57-36-38-60-69(47-57)88(58-37-39-64-65(46-58)82(12,13)42-41-81(64,10)11)85-74-70(49-62-59-25-21-22-26-71(59)89-76(62)73(60)74)87(68-40-31-54(80(7,8)9)45-61(68)51-23-19-18-20-24-51)75-63-48-66-67(50-72(63)90-77(75)85)84(16,17)44-43-83(66,14)15/h18-40,45-50H,41-44H2,1-17H3. The van der Waals surface area contributed by atoms with Gasteiger partial charge >= 0.3 is 6.85 Å². The van der Waals surface area contributed by atoms with E-state index in [1.54, 1.807) is 0 Å². The van der Waals surface area contributed by atoms with Crippen molar-refractivity contribution in [3.8, 4) is 22.3 Å². The smallest absolute Gasteiger partial charge is 0.376 e. The summed E-state index contributed by atoms with van der Waals surface area (Å²) in [6, 6.07) is 67.7. The number of fused-ring (bicyclic) bond motifs is 12. The highest BCUT2D eigenvalue weighted by Gasteiger charge is 2.52. The Labute approximate surface area is 535 Å². The van der Waals surface area contributed by atoms with Gasteiger partial charge in [0.1, 0.15) is 22.4 Å². The van der Waals surface area contributed by atoms with Gasteiger partial charge in [0.15, 0.2) is 0 Å². The van der Waals surface area contributed by atoms with E-state index in [9.17, 15) is 0 Å². The normalized spacial score (nSPS) is 17.1. The van der Waals surface area contributed by atoms with Crippen LogP contribution in [0.2, 0.25) is 0 Å². The Morgan fingerprint density at radius 2 is 0.956 bits per heavy atom. The number of benzene rings is 9. The first kappa shape index (κ1) is 58.2. The summed E-state index contributed by atoms with van der Waals surface area (Å²) in [5.41, 5.74) is 27.4. The first-order chi connectivity index (χ1) is 42.5. The van der Waals surface area contributed by atoms with Gasteiger partial charge in [-0.15, -0.1) is 0 Å². The Balaban J connectivity index is 1.11. The molecule has 90 heavy (non-hydrogen) atoms. The van der Waals surface area contributed by atoms with E-state index in [0.717, 1.165) is 121 Å². The zero-order valence-electron chi connectivity index (χ0n) is 56.3. The maximum absolute atomic E-state index is 8.04. The zero-order valence-corrected chi connectivity index (χ0v) is 56.3. The van der Waals surface area contributed by atoms with Crippen LogP contribution in [0.15, 0.2) is 185 Å². The van der Waals surface area contributed by atoms with Gasteiger partial charge in [0, 0.05) is 67.0 Å². The Hall–Kier alpha value is -8.22. The summed E-state index contributed by atoms with van der Waals surface area (Å²) in [5, 5.41) is 3.32. The summed E-state index contributed by atoms with van der Waals surface area (Å²) in [4.78, 5) is 7.78. The van der Waals surface area contributed by atoms with E-state index in [-0.39, 0.29) is 37.9 Å². The maximum Gasteiger partial charge on any atom is 0.376 e. The molecule has 15 rings (SSSR count). The highest BCUT2D eigenvalue weighted by Crippen LogP contribution is 2.57. The van der Waals surface area contributed by atoms with Crippen molar-refractivity contribution in [3.63, 3.8) is 0 Å². The lowest BCUT2D eigenvalue weighted by Crippen LogP contribution is -2.61. The molecule has 0 unspecified atom stereocenters. The van der Waals surface area contributed by atoms with Crippen molar-refractivity contribution in [1.29, 1.82) is 0 Å². The highest BCUT2D eigenvalue weighted by atomic mass is 16.3. The van der Waals surface area contributed by atoms with Crippen LogP contribution in [-0.4, -0.2) is 6.85 Å². The number of rotatable bonds is 6.